The van der Waals surface area contributed by atoms with Crippen LogP contribution in [0.25, 0.3) is 45.1 Å². The maximum atomic E-state index is 13.2. The Hall–Kier alpha value is -5.35. The minimum atomic E-state index is -0.878. The van der Waals surface area contributed by atoms with Crippen molar-refractivity contribution in [2.75, 3.05) is 26.2 Å². The zero-order valence-corrected chi connectivity index (χ0v) is 29.3. The normalized spacial score (nSPS) is 19.3. The number of hydrogen-bond donors (Lipinski definition) is 2. The van der Waals surface area contributed by atoms with Gasteiger partial charge in [-0.2, -0.15) is 5.26 Å². The van der Waals surface area contributed by atoms with Crippen LogP contribution in [-0.2, 0) is 29.2 Å². The molecule has 12 heteroatoms. The molecule has 2 aromatic heterocycles. The summed E-state index contributed by atoms with van der Waals surface area (Å²) in [4.78, 5) is 40.2. The number of aliphatic hydroxyl groups is 1. The van der Waals surface area contributed by atoms with Crippen LogP contribution in [0.2, 0.25) is 0 Å². The number of nitrogens with zero attached hydrogens (tertiary/aromatic N) is 6. The fraction of sp³-hybridized carbons (Fsp3) is 0.375. The number of carbonyl (C=O) groups excluding carboxylic acids is 1. The number of benzene rings is 3. The first-order valence-electron chi connectivity index (χ1n) is 17.8. The van der Waals surface area contributed by atoms with E-state index in [0.29, 0.717) is 79.0 Å². The molecular weight excluding hydrogens is 660 g/mol. The molecule has 8 rings (SSSR count). The summed E-state index contributed by atoms with van der Waals surface area (Å²) >= 11 is 0. The van der Waals surface area contributed by atoms with Crippen LogP contribution in [0.4, 0.5) is 0 Å². The molecule has 2 atom stereocenters. The number of amides is 1. The summed E-state index contributed by atoms with van der Waals surface area (Å²) in [6, 6.07) is 17.5. The highest BCUT2D eigenvalue weighted by Gasteiger charge is 2.34. The zero-order valence-electron chi connectivity index (χ0n) is 29.3. The second-order valence-electron chi connectivity index (χ2n) is 14.2. The van der Waals surface area contributed by atoms with E-state index in [9.17, 15) is 25.1 Å². The van der Waals surface area contributed by atoms with Crippen molar-refractivity contribution in [3.05, 3.63) is 82.2 Å². The second-order valence-corrected chi connectivity index (χ2v) is 14.2. The molecule has 0 saturated carbocycles. The smallest absolute Gasteiger partial charge is 0.320 e. The fourth-order valence-electron chi connectivity index (χ4n) is 7.98. The van der Waals surface area contributed by atoms with Gasteiger partial charge in [0.25, 0.3) is 0 Å². The van der Waals surface area contributed by atoms with Crippen molar-refractivity contribution < 1.29 is 28.6 Å². The number of aliphatic hydroxyl groups excluding tert-OH is 1. The molecule has 52 heavy (non-hydrogen) atoms. The van der Waals surface area contributed by atoms with E-state index in [1.165, 1.54) is 0 Å². The van der Waals surface area contributed by atoms with Crippen LogP contribution >= 0.6 is 0 Å². The van der Waals surface area contributed by atoms with Crippen LogP contribution < -0.4 is 0 Å². The number of carbonyl (C=O) groups is 2. The van der Waals surface area contributed by atoms with E-state index >= 15 is 0 Å². The van der Waals surface area contributed by atoms with Crippen LogP contribution in [0.15, 0.2) is 57.4 Å². The van der Waals surface area contributed by atoms with Gasteiger partial charge in [-0.1, -0.05) is 30.7 Å². The summed E-state index contributed by atoms with van der Waals surface area (Å²) in [7, 11) is 0. The minimum Gasteiger partial charge on any atom is -0.480 e. The predicted molar refractivity (Wildman–Crippen MR) is 192 cm³/mol. The van der Waals surface area contributed by atoms with Gasteiger partial charge in [-0.15, -0.1) is 0 Å². The van der Waals surface area contributed by atoms with Crippen LogP contribution in [0, 0.1) is 25.2 Å². The van der Waals surface area contributed by atoms with Gasteiger partial charge in [0.15, 0.2) is 5.58 Å². The van der Waals surface area contributed by atoms with Crippen molar-refractivity contribution in [3.8, 4) is 40.1 Å². The molecule has 0 aliphatic carbocycles. The van der Waals surface area contributed by atoms with E-state index in [0.717, 1.165) is 64.8 Å². The number of carboxylic acid groups (broad SMARTS) is 1. The Morgan fingerprint density at radius 1 is 0.923 bits per heavy atom. The third kappa shape index (κ3) is 6.25. The quantitative estimate of drug-likeness (QED) is 0.206. The Kier molecular flexibility index (Phi) is 8.87. The number of rotatable bonds is 8. The Morgan fingerprint density at radius 2 is 1.63 bits per heavy atom. The number of aromatic nitrogens is 2. The maximum Gasteiger partial charge on any atom is 0.320 e. The van der Waals surface area contributed by atoms with Crippen molar-refractivity contribution in [2.45, 2.75) is 71.3 Å². The highest BCUT2D eigenvalue weighted by molar-refractivity contribution is 5.86. The molecule has 12 nitrogen and oxygen atoms in total. The van der Waals surface area contributed by atoms with E-state index in [4.69, 9.17) is 18.8 Å². The molecule has 3 aliphatic heterocycles. The van der Waals surface area contributed by atoms with Gasteiger partial charge < -0.3 is 23.9 Å². The third-order valence-corrected chi connectivity index (χ3v) is 10.8. The molecule has 0 bridgehead atoms. The van der Waals surface area contributed by atoms with Crippen LogP contribution in [-0.4, -0.2) is 85.1 Å². The zero-order chi connectivity index (χ0) is 36.1. The average molecular weight is 701 g/mol. The van der Waals surface area contributed by atoms with Gasteiger partial charge in [-0.05, 0) is 91.7 Å². The van der Waals surface area contributed by atoms with E-state index in [1.54, 1.807) is 9.80 Å². The van der Waals surface area contributed by atoms with Gasteiger partial charge in [0.1, 0.15) is 29.1 Å². The lowest BCUT2D eigenvalue weighted by Crippen LogP contribution is -2.49. The molecule has 266 valence electrons. The lowest BCUT2D eigenvalue weighted by atomic mass is 9.91. The number of nitriles is 1. The number of piperidine rings is 1. The Morgan fingerprint density at radius 3 is 2.29 bits per heavy atom. The molecule has 2 N–H and O–H groups in total. The Labute approximate surface area is 300 Å². The molecule has 0 spiro atoms. The lowest BCUT2D eigenvalue weighted by molar-refractivity contribution is -0.146. The van der Waals surface area contributed by atoms with Gasteiger partial charge in [-0.3, -0.25) is 19.4 Å². The highest BCUT2D eigenvalue weighted by Crippen LogP contribution is 2.39. The minimum absolute atomic E-state index is 0.0717. The summed E-state index contributed by atoms with van der Waals surface area (Å²) in [6.07, 6.45) is 2.73. The summed E-state index contributed by atoms with van der Waals surface area (Å²) in [5, 5.41) is 29.5. The molecule has 0 unspecified atom stereocenters. The lowest BCUT2D eigenvalue weighted by Gasteiger charge is -2.33. The van der Waals surface area contributed by atoms with Crippen LogP contribution in [0.5, 0.6) is 0 Å². The van der Waals surface area contributed by atoms with E-state index in [-0.39, 0.29) is 18.6 Å². The summed E-state index contributed by atoms with van der Waals surface area (Å²) < 4.78 is 12.5. The fourth-order valence-corrected chi connectivity index (χ4v) is 7.98. The molecule has 2 fully saturated rings. The summed E-state index contributed by atoms with van der Waals surface area (Å²) in [6.45, 7) is 7.43. The number of β-amino-alcohol motifs (C(OH)–C–C–N with tert-alkyl or cyclic N) is 1. The van der Waals surface area contributed by atoms with E-state index in [1.807, 2.05) is 50.2 Å². The van der Waals surface area contributed by atoms with Crippen molar-refractivity contribution in [2.24, 2.45) is 0 Å². The maximum absolute atomic E-state index is 13.2. The number of likely N-dealkylation sites (tertiary alicyclic amines) is 2. The van der Waals surface area contributed by atoms with Gasteiger partial charge in [0.2, 0.25) is 17.7 Å². The average Bonchev–Trinajstić information content (AvgIpc) is 3.92. The standard InChI is InChI=1S/C40H40N6O6/c1-23-28(7-5-9-30(23)38-43-33-20-46(21-35(33)51-38)36(48)22-45-13-4-3-11-34(45)40(49)50)29-8-6-10-31(24(29)2)39-42-32-16-25(15-26(17-41)37(32)52-39)18-44-14-12-27(47)19-44/h5-10,15-16,27,34,47H,3-4,11-14,18-22H2,1-2H3,(H,49,50)/t27-,34+/m1/s1. The molecule has 3 aromatic carbocycles. The van der Waals surface area contributed by atoms with Gasteiger partial charge in [0.05, 0.1) is 31.3 Å². The molecule has 5 aromatic rings. The first-order valence-corrected chi connectivity index (χ1v) is 17.8. The SMILES string of the molecule is Cc1c(-c2nc3c(o2)CN(C(=O)CN2CCCC[C@H]2C(=O)O)C3)cccc1-c1cccc(-c2nc3cc(CN4CC[C@@H](O)C4)cc(C#N)c3o2)c1C. The third-order valence-electron chi connectivity index (χ3n) is 10.8. The Bertz CT molecular complexity index is 2230. The number of fused-ring (bicyclic) bond motifs is 2. The number of aliphatic carboxylic acids is 1. The number of hydrogen-bond acceptors (Lipinski definition) is 10. The van der Waals surface area contributed by atoms with Gasteiger partial charge in [0, 0.05) is 30.8 Å². The molecule has 0 radical (unpaired) electrons. The van der Waals surface area contributed by atoms with Crippen LogP contribution in [0.1, 0.15) is 59.4 Å². The van der Waals surface area contributed by atoms with Gasteiger partial charge >= 0.3 is 5.97 Å². The van der Waals surface area contributed by atoms with Crippen molar-refractivity contribution >= 4 is 23.0 Å². The largest absolute Gasteiger partial charge is 0.480 e. The predicted octanol–water partition coefficient (Wildman–Crippen LogP) is 5.65. The first-order chi connectivity index (χ1) is 25.2. The Balaban J connectivity index is 1.03. The second kappa shape index (κ2) is 13.7. The van der Waals surface area contributed by atoms with Crippen molar-refractivity contribution in [3.63, 3.8) is 0 Å². The van der Waals surface area contributed by atoms with Crippen molar-refractivity contribution in [1.29, 1.82) is 5.26 Å². The molecule has 3 aliphatic rings. The number of oxazole rings is 2. The molecule has 5 heterocycles. The molecular formula is C40H40N6O6. The topological polar surface area (TPSA) is 160 Å². The summed E-state index contributed by atoms with van der Waals surface area (Å²) in [5.41, 5.74) is 8.83. The molecule has 2 saturated heterocycles. The molecule has 1 amide bonds. The van der Waals surface area contributed by atoms with E-state index < -0.39 is 12.0 Å². The van der Waals surface area contributed by atoms with Crippen LogP contribution in [0.3, 0.4) is 0 Å². The van der Waals surface area contributed by atoms with E-state index in [2.05, 4.69) is 23.1 Å². The van der Waals surface area contributed by atoms with Gasteiger partial charge in [-0.25, -0.2) is 9.97 Å². The summed E-state index contributed by atoms with van der Waals surface area (Å²) in [5.74, 6) is 0.582. The number of carboxylic acids is 1. The highest BCUT2D eigenvalue weighted by atomic mass is 16.4. The first kappa shape index (κ1) is 33.8. The monoisotopic (exact) mass is 700 g/mol. The van der Waals surface area contributed by atoms with Crippen molar-refractivity contribution in [1.82, 2.24) is 24.7 Å².